The Labute approximate surface area is 81.0 Å². The van der Waals surface area contributed by atoms with Gasteiger partial charge in [-0.2, -0.15) is 0 Å². The van der Waals surface area contributed by atoms with Crippen molar-refractivity contribution in [2.75, 3.05) is 12.4 Å². The van der Waals surface area contributed by atoms with Crippen LogP contribution < -0.4 is 4.89 Å². The van der Waals surface area contributed by atoms with Crippen LogP contribution in [-0.2, 0) is 32.8 Å². The first-order valence-corrected chi connectivity index (χ1v) is 6.95. The van der Waals surface area contributed by atoms with E-state index in [1.807, 2.05) is 6.92 Å². The second-order valence-electron chi connectivity index (χ2n) is 1.28. The van der Waals surface area contributed by atoms with E-state index in [0.29, 0.717) is 6.61 Å². The van der Waals surface area contributed by atoms with E-state index in [1.54, 1.807) is 6.92 Å². The molecule has 0 N–H and O–H groups in total. The SMILES string of the molecule is CCOP([O-])(=S)SCC.[Ni]. The maximum Gasteiger partial charge on any atom is 0.0485 e. The number of rotatable bonds is 4. The molecule has 0 fully saturated rings. The minimum atomic E-state index is -2.69. The van der Waals surface area contributed by atoms with Gasteiger partial charge in [0.1, 0.15) is 0 Å². The molecule has 0 rings (SSSR count). The van der Waals surface area contributed by atoms with Gasteiger partial charge in [-0.1, -0.05) is 18.7 Å². The van der Waals surface area contributed by atoms with Crippen molar-refractivity contribution in [2.45, 2.75) is 13.8 Å². The van der Waals surface area contributed by atoms with Gasteiger partial charge < -0.3 is 9.42 Å². The van der Waals surface area contributed by atoms with E-state index in [-0.39, 0.29) is 16.5 Å². The van der Waals surface area contributed by atoms with Crippen LogP contribution in [0.5, 0.6) is 0 Å². The van der Waals surface area contributed by atoms with Gasteiger partial charge in [-0.05, 0) is 12.7 Å². The van der Waals surface area contributed by atoms with Crippen molar-refractivity contribution >= 4 is 28.9 Å². The summed E-state index contributed by atoms with van der Waals surface area (Å²) >= 11 is 5.84. The molecule has 0 spiro atoms. The largest absolute Gasteiger partial charge is 0.793 e. The summed E-state index contributed by atoms with van der Waals surface area (Å²) in [6.45, 7) is 4.13. The van der Waals surface area contributed by atoms with Gasteiger partial charge in [-0.3, -0.25) is 0 Å². The fourth-order valence-corrected chi connectivity index (χ4v) is 3.81. The summed E-state index contributed by atoms with van der Waals surface area (Å²) < 4.78 is 4.80. The standard InChI is InChI=1S/C4H11O2PS2.Ni/c1-3-6-7(5,8)9-4-2;/h3-4H2,1-2H3,(H,5,8);/p-1. The summed E-state index contributed by atoms with van der Waals surface area (Å²) in [7, 11) is 0. The van der Waals surface area contributed by atoms with Crippen molar-refractivity contribution in [2.24, 2.45) is 0 Å². The first-order valence-electron chi connectivity index (χ1n) is 2.72. The zero-order valence-electron chi connectivity index (χ0n) is 5.81. The van der Waals surface area contributed by atoms with Crippen LogP contribution in [0.1, 0.15) is 13.8 Å². The van der Waals surface area contributed by atoms with Gasteiger partial charge in [0.25, 0.3) is 0 Å². The third kappa shape index (κ3) is 7.52. The Hall–Kier alpha value is 1.41. The average molecular weight is 244 g/mol. The fraction of sp³-hybridized carbons (Fsp3) is 1.00. The van der Waals surface area contributed by atoms with Crippen LogP contribution in [0, 0.1) is 0 Å². The molecule has 66 valence electrons. The van der Waals surface area contributed by atoms with Gasteiger partial charge in [-0.25, -0.2) is 0 Å². The third-order valence-electron chi connectivity index (χ3n) is 0.574. The van der Waals surface area contributed by atoms with Gasteiger partial charge in [0.15, 0.2) is 0 Å². The van der Waals surface area contributed by atoms with E-state index in [2.05, 4.69) is 11.8 Å². The quantitative estimate of drug-likeness (QED) is 0.552. The molecular weight excluding hydrogens is 234 g/mol. The maximum absolute atomic E-state index is 11.0. The van der Waals surface area contributed by atoms with Gasteiger partial charge in [-0.15, -0.1) is 11.4 Å². The molecule has 0 aliphatic heterocycles. The monoisotopic (exact) mass is 243 g/mol. The van der Waals surface area contributed by atoms with Gasteiger partial charge in [0.2, 0.25) is 0 Å². The zero-order valence-corrected chi connectivity index (χ0v) is 9.33. The molecule has 0 bridgehead atoms. The Morgan fingerprint density at radius 2 is 2.10 bits per heavy atom. The molecular formula is C4H10NiO2PS2-. The van der Waals surface area contributed by atoms with Crippen molar-refractivity contribution in [3.05, 3.63) is 0 Å². The number of hydrogen-bond donors (Lipinski definition) is 0. The van der Waals surface area contributed by atoms with Gasteiger partial charge >= 0.3 is 0 Å². The topological polar surface area (TPSA) is 32.3 Å². The summed E-state index contributed by atoms with van der Waals surface area (Å²) in [5.74, 6) is 0.751. The second-order valence-corrected chi connectivity index (χ2v) is 7.62. The van der Waals surface area contributed by atoms with Crippen molar-refractivity contribution in [3.8, 4) is 0 Å². The Morgan fingerprint density at radius 1 is 1.60 bits per heavy atom. The molecule has 10 heavy (non-hydrogen) atoms. The first-order chi connectivity index (χ1) is 4.12. The van der Waals surface area contributed by atoms with Crippen molar-refractivity contribution in [1.82, 2.24) is 0 Å². The van der Waals surface area contributed by atoms with Crippen LogP contribution in [0.15, 0.2) is 0 Å². The molecule has 0 saturated heterocycles. The van der Waals surface area contributed by atoms with E-state index in [1.165, 1.54) is 11.4 Å². The van der Waals surface area contributed by atoms with Gasteiger partial charge in [0.05, 0.1) is 0 Å². The molecule has 0 aliphatic carbocycles. The summed E-state index contributed by atoms with van der Waals surface area (Å²) in [6, 6.07) is 0. The van der Waals surface area contributed by atoms with E-state index in [0.717, 1.165) is 5.75 Å². The molecule has 0 aromatic carbocycles. The molecule has 1 unspecified atom stereocenters. The average Bonchev–Trinajstić information content (AvgIpc) is 1.64. The second kappa shape index (κ2) is 7.08. The van der Waals surface area contributed by atoms with Crippen LogP contribution in [0.25, 0.3) is 0 Å². The van der Waals surface area contributed by atoms with Crippen LogP contribution in [0.4, 0.5) is 0 Å². The van der Waals surface area contributed by atoms with Crippen LogP contribution in [0.2, 0.25) is 0 Å². The zero-order chi connectivity index (χ0) is 7.33. The summed E-state index contributed by atoms with van der Waals surface area (Å²) in [5.41, 5.74) is -2.69. The molecule has 0 aromatic rings. The minimum absolute atomic E-state index is 0. The van der Waals surface area contributed by atoms with E-state index in [9.17, 15) is 4.89 Å². The maximum atomic E-state index is 11.0. The molecule has 2 nitrogen and oxygen atoms in total. The van der Waals surface area contributed by atoms with Crippen LogP contribution in [0.3, 0.4) is 0 Å². The first kappa shape index (κ1) is 14.0. The van der Waals surface area contributed by atoms with Crippen LogP contribution >= 0.6 is 17.1 Å². The Kier molecular flexibility index (Phi) is 9.89. The minimum Gasteiger partial charge on any atom is -0.793 e. The summed E-state index contributed by atoms with van der Waals surface area (Å²) in [6.07, 6.45) is 0. The summed E-state index contributed by atoms with van der Waals surface area (Å²) in [4.78, 5) is 11.0. The normalized spacial score (nSPS) is 15.5. The van der Waals surface area contributed by atoms with Crippen molar-refractivity contribution in [1.29, 1.82) is 0 Å². The van der Waals surface area contributed by atoms with Crippen molar-refractivity contribution in [3.63, 3.8) is 0 Å². The molecule has 0 radical (unpaired) electrons. The predicted octanol–water partition coefficient (Wildman–Crippen LogP) is 1.36. The number of hydrogen-bond acceptors (Lipinski definition) is 4. The molecule has 0 saturated carbocycles. The van der Waals surface area contributed by atoms with Crippen LogP contribution in [-0.4, -0.2) is 12.4 Å². The molecule has 1 atom stereocenters. The predicted molar refractivity (Wildman–Crippen MR) is 44.0 cm³/mol. The van der Waals surface area contributed by atoms with E-state index < -0.39 is 5.69 Å². The third-order valence-corrected chi connectivity index (χ3v) is 5.03. The molecule has 0 amide bonds. The van der Waals surface area contributed by atoms with E-state index in [4.69, 9.17) is 4.52 Å². The van der Waals surface area contributed by atoms with Gasteiger partial charge in [0, 0.05) is 28.8 Å². The molecule has 0 aromatic heterocycles. The Balaban J connectivity index is 0. The Bertz CT molecular complexity index is 112. The Morgan fingerprint density at radius 3 is 2.40 bits per heavy atom. The fourth-order valence-electron chi connectivity index (χ4n) is 0.353. The molecule has 6 heteroatoms. The summed E-state index contributed by atoms with van der Waals surface area (Å²) in [5, 5.41) is 0. The molecule has 0 heterocycles. The molecule has 0 aliphatic rings. The smallest absolute Gasteiger partial charge is 0.0485 e. The van der Waals surface area contributed by atoms with Crippen molar-refractivity contribution < 1.29 is 25.9 Å². The van der Waals surface area contributed by atoms with E-state index >= 15 is 0 Å².